The van der Waals surface area contributed by atoms with Crippen LogP contribution in [0.25, 0.3) is 11.1 Å². The number of hydrogen-bond acceptors (Lipinski definition) is 4. The molecule has 0 saturated heterocycles. The van der Waals surface area contributed by atoms with E-state index in [4.69, 9.17) is 9.84 Å². The van der Waals surface area contributed by atoms with E-state index in [-0.39, 0.29) is 23.8 Å². The number of carboxylic acids is 1. The third-order valence-corrected chi connectivity index (χ3v) is 6.07. The van der Waals surface area contributed by atoms with Gasteiger partial charge in [0.2, 0.25) is 0 Å². The zero-order valence-electron chi connectivity index (χ0n) is 18.6. The molecule has 174 valence electrons. The Morgan fingerprint density at radius 3 is 2.18 bits per heavy atom. The fourth-order valence-electron chi connectivity index (χ4n) is 4.07. The summed E-state index contributed by atoms with van der Waals surface area (Å²) in [5.41, 5.74) is 3.68. The van der Waals surface area contributed by atoms with Gasteiger partial charge in [0.15, 0.2) is 5.82 Å². The number of nitrogens with zero attached hydrogens (tertiary/aromatic N) is 1. The van der Waals surface area contributed by atoms with Crippen molar-refractivity contribution in [3.8, 4) is 11.1 Å². The topological polar surface area (TPSA) is 95.9 Å². The number of rotatable bonds is 6. The number of carbonyl (C=O) groups is 3. The van der Waals surface area contributed by atoms with Crippen LogP contribution in [0.15, 0.2) is 66.7 Å². The van der Waals surface area contributed by atoms with E-state index in [2.05, 4.69) is 5.32 Å². The second-order valence-corrected chi connectivity index (χ2v) is 8.05. The molecule has 0 fully saturated rings. The Bertz CT molecular complexity index is 1230. The highest BCUT2D eigenvalue weighted by Gasteiger charge is 2.29. The number of aliphatic carboxylic acids is 1. The third-order valence-electron chi connectivity index (χ3n) is 6.07. The molecule has 0 saturated carbocycles. The molecule has 0 spiro atoms. The number of amides is 2. The number of hydrogen-bond donors (Lipinski definition) is 2. The number of carbonyl (C=O) groups excluding carboxylic acids is 2. The van der Waals surface area contributed by atoms with Crippen LogP contribution < -0.4 is 5.32 Å². The van der Waals surface area contributed by atoms with Gasteiger partial charge >= 0.3 is 12.1 Å². The number of nitrogens with one attached hydrogen (secondary N) is 1. The van der Waals surface area contributed by atoms with Gasteiger partial charge in [-0.2, -0.15) is 0 Å². The van der Waals surface area contributed by atoms with E-state index in [1.165, 1.54) is 32.2 Å². The summed E-state index contributed by atoms with van der Waals surface area (Å²) < 4.78 is 20.4. The first-order valence-corrected chi connectivity index (χ1v) is 10.7. The van der Waals surface area contributed by atoms with E-state index in [0.717, 1.165) is 27.2 Å². The molecule has 2 amide bonds. The summed E-state index contributed by atoms with van der Waals surface area (Å²) in [5, 5.41) is 11.4. The van der Waals surface area contributed by atoms with Crippen LogP contribution in [-0.4, -0.2) is 47.7 Å². The third kappa shape index (κ3) is 4.22. The number of fused-ring (bicyclic) bond motifs is 3. The van der Waals surface area contributed by atoms with E-state index in [0.29, 0.717) is 0 Å². The molecule has 0 radical (unpaired) electrons. The maximum atomic E-state index is 15.0. The monoisotopic (exact) mass is 462 g/mol. The first-order valence-electron chi connectivity index (χ1n) is 10.7. The molecule has 3 aromatic carbocycles. The SMILES string of the molecule is CC(C(=O)O)N(C)C(=O)c1cccc(NC(=O)OCC2c3ccccc3-c3ccccc32)c1F. The molecular formula is C26H23FN2O5. The highest BCUT2D eigenvalue weighted by Crippen LogP contribution is 2.44. The second-order valence-electron chi connectivity index (χ2n) is 8.05. The lowest BCUT2D eigenvalue weighted by Crippen LogP contribution is -2.40. The van der Waals surface area contributed by atoms with E-state index >= 15 is 0 Å². The molecule has 1 aliphatic rings. The zero-order valence-corrected chi connectivity index (χ0v) is 18.6. The van der Waals surface area contributed by atoms with Crippen LogP contribution in [0.4, 0.5) is 14.9 Å². The Balaban J connectivity index is 1.47. The van der Waals surface area contributed by atoms with Crippen LogP contribution in [0.5, 0.6) is 0 Å². The number of anilines is 1. The number of likely N-dealkylation sites (N-methyl/N-ethyl adjacent to an activating group) is 1. The lowest BCUT2D eigenvalue weighted by molar-refractivity contribution is -0.141. The van der Waals surface area contributed by atoms with Gasteiger partial charge in [-0.1, -0.05) is 54.6 Å². The normalized spacial score (nSPS) is 12.9. The summed E-state index contributed by atoms with van der Waals surface area (Å²) in [6, 6.07) is 18.6. The number of carboxylic acid groups (broad SMARTS) is 1. The van der Waals surface area contributed by atoms with Gasteiger partial charge < -0.3 is 14.7 Å². The van der Waals surface area contributed by atoms with Gasteiger partial charge in [-0.3, -0.25) is 10.1 Å². The lowest BCUT2D eigenvalue weighted by atomic mass is 9.98. The van der Waals surface area contributed by atoms with Gasteiger partial charge in [-0.05, 0) is 41.3 Å². The molecule has 0 bridgehead atoms. The second kappa shape index (κ2) is 9.35. The Morgan fingerprint density at radius 2 is 1.59 bits per heavy atom. The Labute approximate surface area is 195 Å². The van der Waals surface area contributed by atoms with Crippen molar-refractivity contribution in [2.45, 2.75) is 18.9 Å². The van der Waals surface area contributed by atoms with E-state index in [9.17, 15) is 18.8 Å². The van der Waals surface area contributed by atoms with Crippen LogP contribution in [0.1, 0.15) is 34.3 Å². The fourth-order valence-corrected chi connectivity index (χ4v) is 4.07. The van der Waals surface area contributed by atoms with Gasteiger partial charge in [0.05, 0.1) is 11.3 Å². The maximum absolute atomic E-state index is 15.0. The summed E-state index contributed by atoms with van der Waals surface area (Å²) in [5.74, 6) is -3.15. The van der Waals surface area contributed by atoms with Crippen LogP contribution in [0, 0.1) is 5.82 Å². The van der Waals surface area contributed by atoms with Gasteiger partial charge in [0.1, 0.15) is 12.6 Å². The molecule has 7 nitrogen and oxygen atoms in total. The van der Waals surface area contributed by atoms with Gasteiger partial charge in [0.25, 0.3) is 5.91 Å². The van der Waals surface area contributed by atoms with Crippen molar-refractivity contribution in [2.75, 3.05) is 19.0 Å². The average Bonchev–Trinajstić information content (AvgIpc) is 3.16. The van der Waals surface area contributed by atoms with Crippen LogP contribution in [0.2, 0.25) is 0 Å². The predicted octanol–water partition coefficient (Wildman–Crippen LogP) is 4.73. The van der Waals surface area contributed by atoms with Crippen molar-refractivity contribution in [1.29, 1.82) is 0 Å². The number of ether oxygens (including phenoxy) is 1. The summed E-state index contributed by atoms with van der Waals surface area (Å²) >= 11 is 0. The molecule has 2 N–H and O–H groups in total. The largest absolute Gasteiger partial charge is 0.480 e. The Morgan fingerprint density at radius 1 is 1.00 bits per heavy atom. The highest BCUT2D eigenvalue weighted by atomic mass is 19.1. The molecule has 0 aliphatic heterocycles. The minimum Gasteiger partial charge on any atom is -0.480 e. The van der Waals surface area contributed by atoms with Crippen molar-refractivity contribution in [3.05, 3.63) is 89.2 Å². The Hall–Kier alpha value is -4.20. The minimum absolute atomic E-state index is 0.0545. The van der Waals surface area contributed by atoms with Gasteiger partial charge in [-0.15, -0.1) is 0 Å². The summed E-state index contributed by atoms with van der Waals surface area (Å²) in [6.45, 7) is 1.37. The zero-order chi connectivity index (χ0) is 24.4. The van der Waals surface area contributed by atoms with E-state index in [1.807, 2.05) is 48.5 Å². The molecule has 4 rings (SSSR count). The first kappa shape index (κ1) is 23.0. The molecular weight excluding hydrogens is 439 g/mol. The van der Waals surface area contributed by atoms with Crippen molar-refractivity contribution >= 4 is 23.7 Å². The number of halogens is 1. The van der Waals surface area contributed by atoms with Crippen molar-refractivity contribution in [2.24, 2.45) is 0 Å². The van der Waals surface area contributed by atoms with E-state index in [1.54, 1.807) is 0 Å². The average molecular weight is 462 g/mol. The molecule has 3 aromatic rings. The maximum Gasteiger partial charge on any atom is 0.411 e. The number of benzene rings is 3. The molecule has 0 aromatic heterocycles. The van der Waals surface area contributed by atoms with Crippen molar-refractivity contribution in [3.63, 3.8) is 0 Å². The van der Waals surface area contributed by atoms with Crippen molar-refractivity contribution < 1.29 is 28.6 Å². The highest BCUT2D eigenvalue weighted by molar-refractivity contribution is 5.98. The molecule has 1 aliphatic carbocycles. The molecule has 8 heteroatoms. The van der Waals surface area contributed by atoms with Crippen LogP contribution >= 0.6 is 0 Å². The minimum atomic E-state index is -1.22. The smallest absolute Gasteiger partial charge is 0.411 e. The molecule has 1 atom stereocenters. The van der Waals surface area contributed by atoms with Crippen molar-refractivity contribution in [1.82, 2.24) is 4.90 Å². The first-order chi connectivity index (χ1) is 16.3. The van der Waals surface area contributed by atoms with Gasteiger partial charge in [-0.25, -0.2) is 14.0 Å². The predicted molar refractivity (Wildman–Crippen MR) is 124 cm³/mol. The molecule has 1 unspecified atom stereocenters. The van der Waals surface area contributed by atoms with E-state index < -0.39 is 29.8 Å². The summed E-state index contributed by atoms with van der Waals surface area (Å²) in [6.07, 6.45) is -0.863. The standard InChI is InChI=1S/C26H23FN2O5/c1-15(25(31)32)29(2)24(30)20-12-7-13-22(23(20)27)28-26(33)34-14-21-18-10-5-3-8-16(18)17-9-4-6-11-19(17)21/h3-13,15,21H,14H2,1-2H3,(H,28,33)(H,31,32). The molecule has 0 heterocycles. The lowest BCUT2D eigenvalue weighted by Gasteiger charge is -2.22. The fraction of sp³-hybridized carbons (Fsp3) is 0.192. The Kier molecular flexibility index (Phi) is 6.32. The quantitative estimate of drug-likeness (QED) is 0.552. The van der Waals surface area contributed by atoms with Crippen LogP contribution in [0.3, 0.4) is 0 Å². The summed E-state index contributed by atoms with van der Waals surface area (Å²) in [7, 11) is 1.27. The molecule has 34 heavy (non-hydrogen) atoms. The summed E-state index contributed by atoms with van der Waals surface area (Å²) in [4.78, 5) is 37.1. The van der Waals surface area contributed by atoms with Crippen LogP contribution in [-0.2, 0) is 9.53 Å². The van der Waals surface area contributed by atoms with Gasteiger partial charge in [0, 0.05) is 13.0 Å².